The fraction of sp³-hybridized carbons (Fsp3) is 0.310. The average Bonchev–Trinajstić information content (AvgIpc) is 3.57. The number of anilines is 3. The number of hydrogen-bond acceptors (Lipinski definition) is 7. The molecule has 0 aliphatic rings. The van der Waals surface area contributed by atoms with E-state index in [1.807, 2.05) is 60.4 Å². The maximum absolute atomic E-state index is 4.86. The summed E-state index contributed by atoms with van der Waals surface area (Å²) in [5.74, 6) is 0.848. The Kier molecular flexibility index (Phi) is 7.84. The standard InChI is InChI=1S/C29H31N9.Pt/c1-18-8-10-19(11-9-18)38(26-30-14-12-20(32-26)22-16-24(36-34-22)28(2,3)4)27-31-15-13-21(33-27)23-17-25(37-35-23)29(5,6)7;/h8-17H,1-7H3;/q-2;+2. The number of benzene rings is 1. The zero-order chi connectivity index (χ0) is 27.1. The molecule has 1 aromatic carbocycles. The van der Waals surface area contributed by atoms with Gasteiger partial charge in [-0.05, 0) is 31.2 Å². The van der Waals surface area contributed by atoms with Crippen LogP contribution in [0, 0.1) is 6.92 Å². The summed E-state index contributed by atoms with van der Waals surface area (Å²) in [5, 5.41) is 17.5. The van der Waals surface area contributed by atoms with Crippen molar-refractivity contribution in [2.75, 3.05) is 4.90 Å². The van der Waals surface area contributed by atoms with E-state index in [4.69, 9.17) is 9.97 Å². The Bertz CT molecular complexity index is 1460. The molecule has 0 bridgehead atoms. The molecule has 0 saturated carbocycles. The van der Waals surface area contributed by atoms with Crippen LogP contribution in [0.15, 0.2) is 60.9 Å². The van der Waals surface area contributed by atoms with Crippen LogP contribution < -0.4 is 15.1 Å². The first-order chi connectivity index (χ1) is 18.0. The van der Waals surface area contributed by atoms with Crippen LogP contribution in [0.25, 0.3) is 22.8 Å². The van der Waals surface area contributed by atoms with Crippen LogP contribution in [0.5, 0.6) is 0 Å². The molecule has 202 valence electrons. The summed E-state index contributed by atoms with van der Waals surface area (Å²) in [7, 11) is 0. The zero-order valence-electron chi connectivity index (χ0n) is 23.1. The number of aromatic nitrogens is 8. The summed E-state index contributed by atoms with van der Waals surface area (Å²) in [6.45, 7) is 14.7. The molecule has 5 rings (SSSR count). The Morgan fingerprint density at radius 3 is 1.46 bits per heavy atom. The zero-order valence-corrected chi connectivity index (χ0v) is 25.4. The van der Waals surface area contributed by atoms with Crippen LogP contribution in [0.1, 0.15) is 58.5 Å². The van der Waals surface area contributed by atoms with Crippen LogP contribution in [0.4, 0.5) is 17.6 Å². The summed E-state index contributed by atoms with van der Waals surface area (Å²) in [4.78, 5) is 20.7. The summed E-state index contributed by atoms with van der Waals surface area (Å²) in [5.41, 5.74) is 6.29. The van der Waals surface area contributed by atoms with Crippen molar-refractivity contribution in [1.29, 1.82) is 0 Å². The fourth-order valence-corrected chi connectivity index (χ4v) is 3.79. The predicted molar refractivity (Wildman–Crippen MR) is 148 cm³/mol. The summed E-state index contributed by atoms with van der Waals surface area (Å²) < 4.78 is 0. The van der Waals surface area contributed by atoms with Crippen LogP contribution in [0.2, 0.25) is 0 Å². The molecule has 0 radical (unpaired) electrons. The topological polar surface area (TPSA) is 109 Å². The van der Waals surface area contributed by atoms with E-state index in [2.05, 4.69) is 71.9 Å². The second kappa shape index (κ2) is 10.8. The van der Waals surface area contributed by atoms with Gasteiger partial charge in [0.2, 0.25) is 11.9 Å². The minimum Gasteiger partial charge on any atom is -0.573 e. The molecule has 5 aromatic rings. The molecule has 4 heterocycles. The first-order valence-electron chi connectivity index (χ1n) is 12.5. The number of hydrogen-bond donors (Lipinski definition) is 0. The quantitative estimate of drug-likeness (QED) is 0.229. The molecule has 0 aliphatic carbocycles. The Hall–Kier alpha value is -3.71. The van der Waals surface area contributed by atoms with Gasteiger partial charge in [0.05, 0.1) is 17.1 Å². The van der Waals surface area contributed by atoms with Crippen molar-refractivity contribution in [2.24, 2.45) is 0 Å². The molecule has 0 aliphatic heterocycles. The molecule has 9 nitrogen and oxygen atoms in total. The van der Waals surface area contributed by atoms with E-state index in [0.29, 0.717) is 34.7 Å². The van der Waals surface area contributed by atoms with Crippen LogP contribution in [0.3, 0.4) is 0 Å². The van der Waals surface area contributed by atoms with Crippen molar-refractivity contribution in [3.63, 3.8) is 0 Å². The second-order valence-corrected chi connectivity index (χ2v) is 11.4. The van der Waals surface area contributed by atoms with Gasteiger partial charge in [-0.2, -0.15) is 0 Å². The van der Waals surface area contributed by atoms with Gasteiger partial charge < -0.3 is 20.4 Å². The normalized spacial score (nSPS) is 11.8. The molecular formula is C29H31N9Pt. The van der Waals surface area contributed by atoms with Crippen molar-refractivity contribution in [1.82, 2.24) is 40.3 Å². The molecule has 0 atom stereocenters. The first-order valence-corrected chi connectivity index (χ1v) is 12.5. The maximum atomic E-state index is 4.86. The van der Waals surface area contributed by atoms with Gasteiger partial charge in [-0.3, -0.25) is 0 Å². The Morgan fingerprint density at radius 1 is 0.641 bits per heavy atom. The van der Waals surface area contributed by atoms with E-state index in [0.717, 1.165) is 22.6 Å². The van der Waals surface area contributed by atoms with E-state index < -0.39 is 0 Å². The van der Waals surface area contributed by atoms with Crippen LogP contribution in [-0.4, -0.2) is 30.1 Å². The van der Waals surface area contributed by atoms with E-state index in [1.165, 1.54) is 0 Å². The number of nitrogens with zero attached hydrogens (tertiary/aromatic N) is 9. The van der Waals surface area contributed by atoms with Crippen molar-refractivity contribution in [3.05, 3.63) is 77.9 Å². The third kappa shape index (κ3) is 6.14. The molecule has 0 saturated heterocycles. The summed E-state index contributed by atoms with van der Waals surface area (Å²) in [6, 6.07) is 15.7. The van der Waals surface area contributed by atoms with Gasteiger partial charge in [0.1, 0.15) is 0 Å². The van der Waals surface area contributed by atoms with Gasteiger partial charge in [-0.15, -0.1) is 0 Å². The van der Waals surface area contributed by atoms with Gasteiger partial charge in [0, 0.05) is 34.6 Å². The molecule has 10 heteroatoms. The van der Waals surface area contributed by atoms with Gasteiger partial charge in [0.15, 0.2) is 0 Å². The van der Waals surface area contributed by atoms with E-state index >= 15 is 0 Å². The van der Waals surface area contributed by atoms with Crippen molar-refractivity contribution < 1.29 is 21.1 Å². The Balaban J connectivity index is 0.00000353. The first kappa shape index (κ1) is 28.3. The van der Waals surface area contributed by atoms with Gasteiger partial charge in [0.25, 0.3) is 0 Å². The fourth-order valence-electron chi connectivity index (χ4n) is 3.79. The molecule has 0 spiro atoms. The molecule has 4 aromatic heterocycles. The maximum Gasteiger partial charge on any atom is 2.00 e. The van der Waals surface area contributed by atoms with Gasteiger partial charge in [-0.25, -0.2) is 24.8 Å². The molecule has 39 heavy (non-hydrogen) atoms. The third-order valence-corrected chi connectivity index (χ3v) is 6.12. The largest absolute Gasteiger partial charge is 2.00 e. The molecular weight excluding hydrogens is 669 g/mol. The third-order valence-electron chi connectivity index (χ3n) is 6.12. The Morgan fingerprint density at radius 2 is 1.08 bits per heavy atom. The molecule has 0 N–H and O–H groups in total. The second-order valence-electron chi connectivity index (χ2n) is 11.4. The Labute approximate surface area is 243 Å². The SMILES string of the molecule is Cc1ccc(N(c2nccc(-c3cc(C(C)(C)C)n[n-]3)n2)c2nccc(-c3cc(C(C)(C)C)n[n-]3)n2)cc1.[Pt+2]. The van der Waals surface area contributed by atoms with Crippen molar-refractivity contribution in [3.8, 4) is 22.8 Å². The van der Waals surface area contributed by atoms with E-state index in [-0.39, 0.29) is 31.9 Å². The molecule has 0 amide bonds. The molecule has 0 unspecified atom stereocenters. The van der Waals surface area contributed by atoms with Crippen LogP contribution >= 0.6 is 0 Å². The average molecular weight is 701 g/mol. The predicted octanol–water partition coefficient (Wildman–Crippen LogP) is 5.68. The number of rotatable bonds is 5. The van der Waals surface area contributed by atoms with Crippen LogP contribution in [-0.2, 0) is 31.9 Å². The van der Waals surface area contributed by atoms with Gasteiger partial charge in [-0.1, -0.05) is 82.8 Å². The smallest absolute Gasteiger partial charge is 0.573 e. The molecule has 0 fully saturated rings. The van der Waals surface area contributed by atoms with Crippen molar-refractivity contribution in [2.45, 2.75) is 59.3 Å². The van der Waals surface area contributed by atoms with E-state index in [9.17, 15) is 0 Å². The minimum atomic E-state index is -0.111. The monoisotopic (exact) mass is 700 g/mol. The summed E-state index contributed by atoms with van der Waals surface area (Å²) >= 11 is 0. The minimum absolute atomic E-state index is 0. The van der Waals surface area contributed by atoms with Crippen molar-refractivity contribution >= 4 is 17.6 Å². The van der Waals surface area contributed by atoms with Gasteiger partial charge >= 0.3 is 21.1 Å². The van der Waals surface area contributed by atoms with E-state index in [1.54, 1.807) is 12.4 Å². The summed E-state index contributed by atoms with van der Waals surface area (Å²) in [6.07, 6.45) is 3.43. The number of aryl methyl sites for hydroxylation is 1.